The molecule has 3 nitrogen and oxygen atoms in total. The number of anilines is 2. The zero-order valence-electron chi connectivity index (χ0n) is 9.70. The van der Waals surface area contributed by atoms with E-state index in [0.29, 0.717) is 5.69 Å². The molecule has 2 aromatic rings. The van der Waals surface area contributed by atoms with Crippen molar-refractivity contribution >= 4 is 11.4 Å². The van der Waals surface area contributed by atoms with E-state index < -0.39 is 11.7 Å². The fourth-order valence-corrected chi connectivity index (χ4v) is 1.51. The molecule has 1 aromatic carbocycles. The molecule has 0 bridgehead atoms. The molecule has 1 N–H and O–H groups in total. The molecule has 18 heavy (non-hydrogen) atoms. The highest BCUT2D eigenvalue weighted by Crippen LogP contribution is 2.30. The Morgan fingerprint density at radius 2 is 1.83 bits per heavy atom. The summed E-state index contributed by atoms with van der Waals surface area (Å²) in [5.41, 5.74) is 0.688. The van der Waals surface area contributed by atoms with E-state index in [1.54, 1.807) is 17.1 Å². The summed E-state index contributed by atoms with van der Waals surface area (Å²) in [4.78, 5) is 0. The van der Waals surface area contributed by atoms with Crippen molar-refractivity contribution in [1.82, 2.24) is 9.78 Å². The summed E-state index contributed by atoms with van der Waals surface area (Å²) in [7, 11) is 0. The number of rotatable bonds is 3. The fourth-order valence-electron chi connectivity index (χ4n) is 1.51. The van der Waals surface area contributed by atoms with Gasteiger partial charge in [0.25, 0.3) is 0 Å². The Morgan fingerprint density at radius 1 is 1.17 bits per heavy atom. The van der Waals surface area contributed by atoms with Crippen LogP contribution in [-0.4, -0.2) is 9.78 Å². The molecule has 0 saturated heterocycles. The van der Waals surface area contributed by atoms with Gasteiger partial charge >= 0.3 is 6.18 Å². The van der Waals surface area contributed by atoms with Crippen LogP contribution in [0, 0.1) is 0 Å². The third-order valence-electron chi connectivity index (χ3n) is 2.46. The van der Waals surface area contributed by atoms with Crippen LogP contribution >= 0.6 is 0 Å². The van der Waals surface area contributed by atoms with E-state index in [1.165, 1.54) is 12.1 Å². The van der Waals surface area contributed by atoms with Crippen LogP contribution < -0.4 is 5.32 Å². The Kier molecular flexibility index (Phi) is 3.27. The number of hydrogen-bond donors (Lipinski definition) is 1. The summed E-state index contributed by atoms with van der Waals surface area (Å²) in [5, 5.41) is 7.05. The van der Waals surface area contributed by atoms with Crippen molar-refractivity contribution in [2.75, 3.05) is 5.32 Å². The minimum atomic E-state index is -4.30. The number of halogens is 3. The van der Waals surface area contributed by atoms with E-state index in [9.17, 15) is 13.2 Å². The molecule has 0 unspecified atom stereocenters. The number of alkyl halides is 3. The maximum absolute atomic E-state index is 12.4. The standard InChI is InChI=1S/C12H12F3N3/c1-2-18-8-11(7-16-18)17-10-5-3-9(4-6-10)12(13,14)15/h3-8,17H,2H2,1H3. The third-order valence-corrected chi connectivity index (χ3v) is 2.46. The van der Waals surface area contributed by atoms with Gasteiger partial charge in [0.2, 0.25) is 0 Å². The predicted octanol–water partition coefficient (Wildman–Crippen LogP) is 3.67. The van der Waals surface area contributed by atoms with Gasteiger partial charge in [-0.3, -0.25) is 4.68 Å². The normalized spacial score (nSPS) is 11.6. The van der Waals surface area contributed by atoms with E-state index in [1.807, 2.05) is 6.92 Å². The average Bonchev–Trinajstić information content (AvgIpc) is 2.76. The molecule has 1 aromatic heterocycles. The van der Waals surface area contributed by atoms with Crippen molar-refractivity contribution < 1.29 is 13.2 Å². The van der Waals surface area contributed by atoms with Crippen LogP contribution in [0.1, 0.15) is 12.5 Å². The van der Waals surface area contributed by atoms with Crippen LogP contribution in [0.5, 0.6) is 0 Å². The summed E-state index contributed by atoms with van der Waals surface area (Å²) >= 11 is 0. The van der Waals surface area contributed by atoms with Gasteiger partial charge in [0.15, 0.2) is 0 Å². The van der Waals surface area contributed by atoms with Gasteiger partial charge in [-0.15, -0.1) is 0 Å². The van der Waals surface area contributed by atoms with Crippen LogP contribution in [0.2, 0.25) is 0 Å². The van der Waals surface area contributed by atoms with Crippen molar-refractivity contribution in [1.29, 1.82) is 0 Å². The van der Waals surface area contributed by atoms with Gasteiger partial charge < -0.3 is 5.32 Å². The Labute approximate surface area is 102 Å². The Balaban J connectivity index is 2.11. The number of hydrogen-bond acceptors (Lipinski definition) is 2. The van der Waals surface area contributed by atoms with Crippen LogP contribution in [0.15, 0.2) is 36.7 Å². The first-order valence-electron chi connectivity index (χ1n) is 5.46. The minimum absolute atomic E-state index is 0.596. The van der Waals surface area contributed by atoms with Crippen molar-refractivity contribution in [3.63, 3.8) is 0 Å². The topological polar surface area (TPSA) is 29.9 Å². The number of nitrogens with one attached hydrogen (secondary N) is 1. The molecule has 0 fully saturated rings. The monoisotopic (exact) mass is 255 g/mol. The average molecular weight is 255 g/mol. The highest BCUT2D eigenvalue weighted by molar-refractivity contribution is 5.58. The number of aryl methyl sites for hydroxylation is 1. The second-order valence-electron chi connectivity index (χ2n) is 3.78. The van der Waals surface area contributed by atoms with E-state index in [-0.39, 0.29) is 0 Å². The molecule has 0 atom stereocenters. The molecular weight excluding hydrogens is 243 g/mol. The predicted molar refractivity (Wildman–Crippen MR) is 62.6 cm³/mol. The zero-order valence-corrected chi connectivity index (χ0v) is 9.70. The van der Waals surface area contributed by atoms with Gasteiger partial charge in [-0.25, -0.2) is 0 Å². The molecule has 0 amide bonds. The molecule has 0 spiro atoms. The van der Waals surface area contributed by atoms with Crippen molar-refractivity contribution in [3.05, 3.63) is 42.2 Å². The molecule has 6 heteroatoms. The maximum Gasteiger partial charge on any atom is 0.416 e. The molecule has 0 radical (unpaired) electrons. The number of benzene rings is 1. The van der Waals surface area contributed by atoms with Crippen LogP contribution in [-0.2, 0) is 12.7 Å². The van der Waals surface area contributed by atoms with E-state index in [4.69, 9.17) is 0 Å². The van der Waals surface area contributed by atoms with Gasteiger partial charge in [-0.05, 0) is 31.2 Å². The minimum Gasteiger partial charge on any atom is -0.353 e. The maximum atomic E-state index is 12.4. The lowest BCUT2D eigenvalue weighted by atomic mass is 10.2. The van der Waals surface area contributed by atoms with Crippen LogP contribution in [0.4, 0.5) is 24.5 Å². The lowest BCUT2D eigenvalue weighted by Crippen LogP contribution is -2.04. The van der Waals surface area contributed by atoms with Gasteiger partial charge in [-0.2, -0.15) is 18.3 Å². The summed E-state index contributed by atoms with van der Waals surface area (Å²) in [5.74, 6) is 0. The largest absolute Gasteiger partial charge is 0.416 e. The summed E-state index contributed by atoms with van der Waals surface area (Å²) < 4.78 is 38.8. The molecule has 1 heterocycles. The molecule has 0 aliphatic rings. The van der Waals surface area contributed by atoms with Crippen LogP contribution in [0.25, 0.3) is 0 Å². The van der Waals surface area contributed by atoms with Crippen LogP contribution in [0.3, 0.4) is 0 Å². The molecule has 96 valence electrons. The van der Waals surface area contributed by atoms with E-state index in [2.05, 4.69) is 10.4 Å². The summed E-state index contributed by atoms with van der Waals surface area (Å²) in [6.45, 7) is 2.70. The number of aromatic nitrogens is 2. The highest BCUT2D eigenvalue weighted by atomic mass is 19.4. The second kappa shape index (κ2) is 4.72. The lowest BCUT2D eigenvalue weighted by Gasteiger charge is -2.08. The summed E-state index contributed by atoms with van der Waals surface area (Å²) in [6.07, 6.45) is -0.884. The second-order valence-corrected chi connectivity index (χ2v) is 3.78. The summed E-state index contributed by atoms with van der Waals surface area (Å²) in [6, 6.07) is 4.89. The van der Waals surface area contributed by atoms with Gasteiger partial charge in [-0.1, -0.05) is 0 Å². The molecule has 2 rings (SSSR count). The zero-order chi connectivity index (χ0) is 13.2. The Hall–Kier alpha value is -1.98. The quantitative estimate of drug-likeness (QED) is 0.906. The molecule has 0 aliphatic heterocycles. The first-order valence-corrected chi connectivity index (χ1v) is 5.46. The van der Waals surface area contributed by atoms with Gasteiger partial charge in [0.1, 0.15) is 0 Å². The van der Waals surface area contributed by atoms with Crippen molar-refractivity contribution in [3.8, 4) is 0 Å². The van der Waals surface area contributed by atoms with E-state index in [0.717, 1.165) is 24.4 Å². The highest BCUT2D eigenvalue weighted by Gasteiger charge is 2.29. The van der Waals surface area contributed by atoms with E-state index >= 15 is 0 Å². The molecule has 0 saturated carbocycles. The third kappa shape index (κ3) is 2.82. The first-order chi connectivity index (χ1) is 8.49. The first kappa shape index (κ1) is 12.5. The number of nitrogens with zero attached hydrogens (tertiary/aromatic N) is 2. The Morgan fingerprint density at radius 3 is 2.33 bits per heavy atom. The van der Waals surface area contributed by atoms with Crippen molar-refractivity contribution in [2.45, 2.75) is 19.6 Å². The van der Waals surface area contributed by atoms with Gasteiger partial charge in [0.05, 0.1) is 17.4 Å². The van der Waals surface area contributed by atoms with Crippen molar-refractivity contribution in [2.24, 2.45) is 0 Å². The van der Waals surface area contributed by atoms with Gasteiger partial charge in [0, 0.05) is 18.4 Å². The molecule has 0 aliphatic carbocycles. The SMILES string of the molecule is CCn1cc(Nc2ccc(C(F)(F)F)cc2)cn1. The lowest BCUT2D eigenvalue weighted by molar-refractivity contribution is -0.137. The Bertz CT molecular complexity index is 514. The smallest absolute Gasteiger partial charge is 0.353 e. The molecular formula is C12H12F3N3. The fraction of sp³-hybridized carbons (Fsp3) is 0.250.